The zero-order valence-corrected chi connectivity index (χ0v) is 20.6. The van der Waals surface area contributed by atoms with Gasteiger partial charge in [-0.15, -0.1) is 0 Å². The number of carbonyl (C=O) groups excluding carboxylic acids is 3. The fourth-order valence-corrected chi connectivity index (χ4v) is 5.27. The third-order valence-electron chi connectivity index (χ3n) is 5.99. The van der Waals surface area contributed by atoms with Crippen molar-refractivity contribution in [3.05, 3.63) is 65.2 Å². The van der Waals surface area contributed by atoms with Crippen molar-refractivity contribution in [3.63, 3.8) is 0 Å². The quantitative estimate of drug-likeness (QED) is 0.582. The van der Waals surface area contributed by atoms with Gasteiger partial charge in [-0.05, 0) is 48.6 Å². The molecule has 0 spiro atoms. The summed E-state index contributed by atoms with van der Waals surface area (Å²) in [4.78, 5) is 44.0. The molecule has 1 atom stereocenters. The summed E-state index contributed by atoms with van der Waals surface area (Å²) in [6, 6.07) is 14.5. The molecule has 9 heteroatoms. The van der Waals surface area contributed by atoms with Crippen LogP contribution in [0.4, 0.5) is 5.69 Å². The Labute approximate surface area is 209 Å². The highest BCUT2D eigenvalue weighted by molar-refractivity contribution is 8.15. The van der Waals surface area contributed by atoms with Crippen molar-refractivity contribution in [1.29, 1.82) is 0 Å². The van der Waals surface area contributed by atoms with Crippen molar-refractivity contribution < 1.29 is 19.1 Å². The molecule has 4 rings (SSSR count). The number of rotatable bonds is 8. The van der Waals surface area contributed by atoms with Gasteiger partial charge in [-0.3, -0.25) is 14.4 Å². The summed E-state index contributed by atoms with van der Waals surface area (Å²) in [6.45, 7) is 2.66. The maximum Gasteiger partial charge on any atom is 0.262 e. The first kappa shape index (κ1) is 24.9. The number of carbonyl (C=O) groups is 3. The van der Waals surface area contributed by atoms with Gasteiger partial charge in [0.15, 0.2) is 5.17 Å². The van der Waals surface area contributed by atoms with Crippen LogP contribution in [0.1, 0.15) is 47.2 Å². The molecule has 0 aliphatic carbocycles. The van der Waals surface area contributed by atoms with Gasteiger partial charge in [0.1, 0.15) is 5.25 Å². The monoisotopic (exact) mass is 494 g/mol. The number of aliphatic imine (C=N–C) groups is 1. The van der Waals surface area contributed by atoms with E-state index in [2.05, 4.69) is 20.5 Å². The Hall–Kier alpha value is -3.17. The van der Waals surface area contributed by atoms with Gasteiger partial charge < -0.3 is 20.3 Å². The van der Waals surface area contributed by atoms with Crippen molar-refractivity contribution in [3.8, 4) is 0 Å². The number of amides is 3. The number of likely N-dealkylation sites (tertiary alicyclic amines) is 1. The number of anilines is 1. The molecule has 0 bridgehead atoms. The summed E-state index contributed by atoms with van der Waals surface area (Å²) in [5.41, 5.74) is 2.95. The first-order chi connectivity index (χ1) is 17.0. The van der Waals surface area contributed by atoms with Crippen LogP contribution in [0.5, 0.6) is 0 Å². The molecule has 0 radical (unpaired) electrons. The Kier molecular flexibility index (Phi) is 8.54. The second-order valence-electron chi connectivity index (χ2n) is 8.60. The van der Waals surface area contributed by atoms with Crippen molar-refractivity contribution in [2.24, 2.45) is 4.99 Å². The second-order valence-corrected chi connectivity index (χ2v) is 9.77. The summed E-state index contributed by atoms with van der Waals surface area (Å²) in [5.74, 6) is -0.779. The molecule has 2 N–H and O–H groups in total. The summed E-state index contributed by atoms with van der Waals surface area (Å²) in [7, 11) is 1.64. The lowest BCUT2D eigenvalue weighted by atomic mass is 10.1. The van der Waals surface area contributed by atoms with Crippen LogP contribution in [0.15, 0.2) is 53.5 Å². The average molecular weight is 495 g/mol. The van der Waals surface area contributed by atoms with E-state index in [-0.39, 0.29) is 24.1 Å². The van der Waals surface area contributed by atoms with E-state index in [1.165, 1.54) is 18.2 Å². The van der Waals surface area contributed by atoms with Gasteiger partial charge >= 0.3 is 0 Å². The van der Waals surface area contributed by atoms with E-state index in [4.69, 9.17) is 4.74 Å². The summed E-state index contributed by atoms with van der Waals surface area (Å²) in [5, 5.41) is 5.96. The Morgan fingerprint density at radius 3 is 2.63 bits per heavy atom. The summed E-state index contributed by atoms with van der Waals surface area (Å²) < 4.78 is 5.22. The second kappa shape index (κ2) is 12.0. The zero-order chi connectivity index (χ0) is 24.6. The van der Waals surface area contributed by atoms with E-state index in [1.807, 2.05) is 24.3 Å². The lowest BCUT2D eigenvalue weighted by molar-refractivity contribution is -0.121. The third-order valence-corrected chi connectivity index (χ3v) is 7.21. The van der Waals surface area contributed by atoms with Crippen LogP contribution in [0, 0.1) is 0 Å². The minimum Gasteiger partial charge on any atom is -0.380 e. The van der Waals surface area contributed by atoms with E-state index in [9.17, 15) is 14.4 Å². The number of amidine groups is 1. The number of nitrogens with zero attached hydrogens (tertiary/aromatic N) is 2. The van der Waals surface area contributed by atoms with Gasteiger partial charge in [0.2, 0.25) is 5.91 Å². The van der Waals surface area contributed by atoms with E-state index < -0.39 is 5.25 Å². The molecule has 2 heterocycles. The van der Waals surface area contributed by atoms with E-state index >= 15 is 0 Å². The minimum atomic E-state index is -0.509. The van der Waals surface area contributed by atoms with Crippen LogP contribution in [-0.4, -0.2) is 53.2 Å². The van der Waals surface area contributed by atoms with Gasteiger partial charge in [0.05, 0.1) is 6.61 Å². The topological polar surface area (TPSA) is 100 Å². The summed E-state index contributed by atoms with van der Waals surface area (Å²) >= 11 is 1.37. The standard InChI is InChI=1S/C26H30N4O4S/c1-34-17-20-9-4-3-8-19(20)16-27-24(32)18-10-7-11-21(14-18)28-23(31)15-22-25(33)29-26(35-22)30-12-5-2-6-13-30/h3-4,7-11,14,22H,2,5-6,12-13,15-17H2,1H3,(H,27,32)(H,28,31). The maximum absolute atomic E-state index is 12.7. The molecule has 8 nitrogen and oxygen atoms in total. The zero-order valence-electron chi connectivity index (χ0n) is 19.8. The SMILES string of the molecule is COCc1ccccc1CNC(=O)c1cccc(NC(=O)CC2SC(N3CCCCC3)=NC2=O)c1. The maximum atomic E-state index is 12.7. The Morgan fingerprint density at radius 1 is 1.09 bits per heavy atom. The lowest BCUT2D eigenvalue weighted by Gasteiger charge is -2.27. The molecule has 1 unspecified atom stereocenters. The summed E-state index contributed by atoms with van der Waals surface area (Å²) in [6.07, 6.45) is 3.44. The molecule has 184 valence electrons. The molecule has 2 aromatic rings. The smallest absolute Gasteiger partial charge is 0.262 e. The molecule has 1 fully saturated rings. The number of hydrogen-bond donors (Lipinski definition) is 2. The van der Waals surface area contributed by atoms with Gasteiger partial charge in [0.25, 0.3) is 11.8 Å². The molecule has 0 saturated carbocycles. The molecule has 35 heavy (non-hydrogen) atoms. The Morgan fingerprint density at radius 2 is 1.86 bits per heavy atom. The van der Waals surface area contributed by atoms with Crippen LogP contribution < -0.4 is 10.6 Å². The highest BCUT2D eigenvalue weighted by Crippen LogP contribution is 2.29. The number of methoxy groups -OCH3 is 1. The molecule has 3 amide bonds. The number of ether oxygens (including phenoxy) is 1. The van der Waals surface area contributed by atoms with Crippen LogP contribution in [0.25, 0.3) is 0 Å². The predicted molar refractivity (Wildman–Crippen MR) is 137 cm³/mol. The van der Waals surface area contributed by atoms with E-state index in [0.717, 1.165) is 42.2 Å². The Balaban J connectivity index is 1.30. The largest absolute Gasteiger partial charge is 0.380 e. The molecular formula is C26H30N4O4S. The first-order valence-electron chi connectivity index (χ1n) is 11.8. The molecule has 2 aromatic carbocycles. The minimum absolute atomic E-state index is 0.0387. The number of nitrogens with one attached hydrogen (secondary N) is 2. The van der Waals surface area contributed by atoms with Crippen molar-refractivity contribution in [2.45, 2.75) is 44.1 Å². The first-order valence-corrected chi connectivity index (χ1v) is 12.7. The lowest BCUT2D eigenvalue weighted by Crippen LogP contribution is -2.33. The van der Waals surface area contributed by atoms with Crippen molar-refractivity contribution in [2.75, 3.05) is 25.5 Å². The van der Waals surface area contributed by atoms with Gasteiger partial charge in [0, 0.05) is 44.4 Å². The van der Waals surface area contributed by atoms with E-state index in [1.54, 1.807) is 31.4 Å². The fourth-order valence-electron chi connectivity index (χ4n) is 4.15. The number of piperidine rings is 1. The fraction of sp³-hybridized carbons (Fsp3) is 0.385. The van der Waals surface area contributed by atoms with Crippen molar-refractivity contribution >= 4 is 40.3 Å². The number of hydrogen-bond acceptors (Lipinski definition) is 6. The molecule has 1 saturated heterocycles. The molecular weight excluding hydrogens is 464 g/mol. The van der Waals surface area contributed by atoms with E-state index in [0.29, 0.717) is 24.4 Å². The van der Waals surface area contributed by atoms with Gasteiger partial charge in [-0.2, -0.15) is 4.99 Å². The normalized spacial score (nSPS) is 17.7. The van der Waals surface area contributed by atoms with Gasteiger partial charge in [-0.25, -0.2) is 0 Å². The highest BCUT2D eigenvalue weighted by atomic mass is 32.2. The third kappa shape index (κ3) is 6.70. The van der Waals surface area contributed by atoms with Gasteiger partial charge in [-0.1, -0.05) is 42.1 Å². The Bertz CT molecular complexity index is 1110. The average Bonchev–Trinajstić information content (AvgIpc) is 3.24. The van der Waals surface area contributed by atoms with Crippen LogP contribution in [-0.2, 0) is 27.5 Å². The van der Waals surface area contributed by atoms with Crippen LogP contribution >= 0.6 is 11.8 Å². The van der Waals surface area contributed by atoms with Crippen LogP contribution in [0.3, 0.4) is 0 Å². The highest BCUT2D eigenvalue weighted by Gasteiger charge is 2.33. The molecule has 2 aliphatic heterocycles. The van der Waals surface area contributed by atoms with Crippen LogP contribution in [0.2, 0.25) is 0 Å². The number of thioether (sulfide) groups is 1. The number of benzene rings is 2. The van der Waals surface area contributed by atoms with Crippen molar-refractivity contribution in [1.82, 2.24) is 10.2 Å². The molecule has 2 aliphatic rings. The predicted octanol–water partition coefficient (Wildman–Crippen LogP) is 3.58. The molecule has 0 aromatic heterocycles.